The van der Waals surface area contributed by atoms with E-state index in [-0.39, 0.29) is 16.2 Å². The molecule has 0 nitrogen and oxygen atoms in total. The average molecular weight is 280 g/mol. The van der Waals surface area contributed by atoms with Crippen molar-refractivity contribution in [3.8, 4) is 0 Å². The Bertz CT molecular complexity index is 613. The van der Waals surface area contributed by atoms with E-state index in [9.17, 15) is 0 Å². The summed E-state index contributed by atoms with van der Waals surface area (Å²) in [7, 11) is 0. The molecule has 0 unspecified atom stereocenters. The Labute approximate surface area is 130 Å². The Morgan fingerprint density at radius 1 is 0.905 bits per heavy atom. The molecule has 0 saturated heterocycles. The third kappa shape index (κ3) is 2.03. The molecule has 3 rings (SSSR count). The molecule has 0 N–H and O–H groups in total. The van der Waals surface area contributed by atoms with E-state index in [2.05, 4.69) is 78.0 Å². The average Bonchev–Trinajstić information content (AvgIpc) is 2.73. The molecule has 0 aromatic heterocycles. The van der Waals surface area contributed by atoms with Gasteiger partial charge < -0.3 is 0 Å². The van der Waals surface area contributed by atoms with Gasteiger partial charge in [0.05, 0.1) is 0 Å². The van der Waals surface area contributed by atoms with Crippen LogP contribution in [0.3, 0.4) is 0 Å². The third-order valence-corrected chi connectivity index (χ3v) is 5.76. The van der Waals surface area contributed by atoms with Gasteiger partial charge in [-0.05, 0) is 45.9 Å². The minimum Gasteiger partial charge on any atom is -0.0755 e. The monoisotopic (exact) mass is 280 g/mol. The van der Waals surface area contributed by atoms with Gasteiger partial charge in [-0.25, -0.2) is 0 Å². The molecule has 1 aromatic rings. The molecular weight excluding hydrogens is 252 g/mol. The fourth-order valence-electron chi connectivity index (χ4n) is 4.57. The normalized spacial score (nSPS) is 20.5. The quantitative estimate of drug-likeness (QED) is 0.544. The van der Waals surface area contributed by atoms with Crippen LogP contribution in [0.25, 0.3) is 5.57 Å². The van der Waals surface area contributed by atoms with Crippen molar-refractivity contribution in [2.75, 3.05) is 0 Å². The Hall–Kier alpha value is -1.30. The lowest BCUT2D eigenvalue weighted by molar-refractivity contribution is 0.0186. The minimum atomic E-state index is 0.223. The first kappa shape index (κ1) is 14.6. The minimum absolute atomic E-state index is 0.223. The van der Waals surface area contributed by atoms with Crippen LogP contribution >= 0.6 is 0 Å². The fourth-order valence-corrected chi connectivity index (χ4v) is 4.57. The van der Waals surface area contributed by atoms with Crippen LogP contribution in [-0.2, 0) is 6.42 Å². The molecule has 0 heteroatoms. The second kappa shape index (κ2) is 4.35. The van der Waals surface area contributed by atoms with Crippen molar-refractivity contribution in [1.82, 2.24) is 0 Å². The Morgan fingerprint density at radius 2 is 1.52 bits per heavy atom. The van der Waals surface area contributed by atoms with Gasteiger partial charge in [0.25, 0.3) is 0 Å². The van der Waals surface area contributed by atoms with Crippen molar-refractivity contribution >= 4 is 5.57 Å². The number of allylic oxidation sites excluding steroid dienone is 4. The van der Waals surface area contributed by atoms with Crippen LogP contribution in [0.1, 0.15) is 59.1 Å². The van der Waals surface area contributed by atoms with E-state index in [1.807, 2.05) is 0 Å². The van der Waals surface area contributed by atoms with Gasteiger partial charge in [-0.3, -0.25) is 0 Å². The van der Waals surface area contributed by atoms with Crippen molar-refractivity contribution in [3.63, 3.8) is 0 Å². The molecule has 0 amide bonds. The van der Waals surface area contributed by atoms with Crippen molar-refractivity contribution in [2.45, 2.75) is 54.4 Å². The van der Waals surface area contributed by atoms with Crippen LogP contribution in [0.4, 0.5) is 0 Å². The summed E-state index contributed by atoms with van der Waals surface area (Å²) < 4.78 is 0. The molecule has 112 valence electrons. The van der Waals surface area contributed by atoms with Crippen LogP contribution in [0.15, 0.2) is 42.0 Å². The lowest BCUT2D eigenvalue weighted by atomic mass is 9.51. The summed E-state index contributed by atoms with van der Waals surface area (Å²) in [5, 5.41) is 0. The van der Waals surface area contributed by atoms with Gasteiger partial charge in [0.1, 0.15) is 0 Å². The van der Waals surface area contributed by atoms with Gasteiger partial charge in [-0.15, -0.1) is 0 Å². The number of hydrogen-bond acceptors (Lipinski definition) is 0. The van der Waals surface area contributed by atoms with Crippen molar-refractivity contribution in [3.05, 3.63) is 53.1 Å². The molecule has 2 aliphatic rings. The molecule has 0 aliphatic heterocycles. The molecule has 0 heterocycles. The SMILES string of the molecule is CC(C)(C)C1(C(C)(C)C)C=C2Cc3ccccc3C2=CC1. The number of rotatable bonds is 0. The highest BCUT2D eigenvalue weighted by Crippen LogP contribution is 2.59. The molecule has 0 saturated carbocycles. The first-order chi connectivity index (χ1) is 9.66. The topological polar surface area (TPSA) is 0 Å². The van der Waals surface area contributed by atoms with Gasteiger partial charge in [-0.1, -0.05) is 78.0 Å². The zero-order valence-electron chi connectivity index (χ0n) is 14.4. The Balaban J connectivity index is 2.13. The molecule has 0 bridgehead atoms. The maximum absolute atomic E-state index is 2.63. The van der Waals surface area contributed by atoms with Gasteiger partial charge in [0, 0.05) is 5.41 Å². The zero-order chi connectivity index (χ0) is 15.5. The van der Waals surface area contributed by atoms with Crippen molar-refractivity contribution in [1.29, 1.82) is 0 Å². The van der Waals surface area contributed by atoms with Gasteiger partial charge in [0.15, 0.2) is 0 Å². The first-order valence-electron chi connectivity index (χ1n) is 8.16. The predicted octanol–water partition coefficient (Wildman–Crippen LogP) is 6.03. The van der Waals surface area contributed by atoms with E-state index in [1.54, 1.807) is 5.57 Å². The zero-order valence-corrected chi connectivity index (χ0v) is 14.4. The number of benzene rings is 1. The van der Waals surface area contributed by atoms with E-state index < -0.39 is 0 Å². The summed E-state index contributed by atoms with van der Waals surface area (Å²) >= 11 is 0. The van der Waals surface area contributed by atoms with Crippen LogP contribution < -0.4 is 0 Å². The van der Waals surface area contributed by atoms with E-state index >= 15 is 0 Å². The molecule has 1 aromatic carbocycles. The van der Waals surface area contributed by atoms with E-state index in [0.717, 1.165) is 12.8 Å². The van der Waals surface area contributed by atoms with E-state index in [0.29, 0.717) is 0 Å². The summed E-state index contributed by atoms with van der Waals surface area (Å²) in [6.07, 6.45) is 7.39. The second-order valence-corrected chi connectivity index (χ2v) is 8.80. The molecule has 21 heavy (non-hydrogen) atoms. The standard InChI is InChI=1S/C21H28/c1-19(2,3)21(20(4,5)6)12-11-18-16(14-21)13-15-9-7-8-10-17(15)18/h7-11,14H,12-13H2,1-6H3. The van der Waals surface area contributed by atoms with Gasteiger partial charge >= 0.3 is 0 Å². The Morgan fingerprint density at radius 3 is 2.14 bits per heavy atom. The number of hydrogen-bond donors (Lipinski definition) is 0. The Kier molecular flexibility index (Phi) is 3.03. The number of fused-ring (bicyclic) bond motifs is 3. The van der Waals surface area contributed by atoms with Crippen LogP contribution in [0, 0.1) is 16.2 Å². The summed E-state index contributed by atoms with van der Waals surface area (Å²) in [4.78, 5) is 0. The molecular formula is C21H28. The van der Waals surface area contributed by atoms with Crippen molar-refractivity contribution < 1.29 is 0 Å². The van der Waals surface area contributed by atoms with Crippen LogP contribution in [-0.4, -0.2) is 0 Å². The fraction of sp³-hybridized carbons (Fsp3) is 0.524. The highest BCUT2D eigenvalue weighted by Gasteiger charge is 2.50. The lowest BCUT2D eigenvalue weighted by Crippen LogP contribution is -2.45. The van der Waals surface area contributed by atoms with Crippen LogP contribution in [0.2, 0.25) is 0 Å². The predicted molar refractivity (Wildman–Crippen MR) is 92.2 cm³/mol. The molecule has 2 aliphatic carbocycles. The van der Waals surface area contributed by atoms with Crippen molar-refractivity contribution in [2.24, 2.45) is 16.2 Å². The summed E-state index contributed by atoms with van der Waals surface area (Å²) in [5.41, 5.74) is 6.74. The van der Waals surface area contributed by atoms with Gasteiger partial charge in [-0.2, -0.15) is 0 Å². The summed E-state index contributed by atoms with van der Waals surface area (Å²) in [6, 6.07) is 8.89. The maximum Gasteiger partial charge on any atom is 0.00196 e. The largest absolute Gasteiger partial charge is 0.0755 e. The van der Waals surface area contributed by atoms with Crippen LogP contribution in [0.5, 0.6) is 0 Å². The highest BCUT2D eigenvalue weighted by atomic mass is 14.5. The summed E-state index contributed by atoms with van der Waals surface area (Å²) in [5.74, 6) is 0. The first-order valence-corrected chi connectivity index (χ1v) is 8.16. The molecule has 0 radical (unpaired) electrons. The van der Waals surface area contributed by atoms with E-state index in [1.165, 1.54) is 16.7 Å². The lowest BCUT2D eigenvalue weighted by Gasteiger charge is -2.53. The second-order valence-electron chi connectivity index (χ2n) is 8.80. The summed E-state index contributed by atoms with van der Waals surface area (Å²) in [6.45, 7) is 14.4. The van der Waals surface area contributed by atoms with E-state index in [4.69, 9.17) is 0 Å². The molecule has 0 atom stereocenters. The molecule has 0 fully saturated rings. The maximum atomic E-state index is 2.63. The third-order valence-electron chi connectivity index (χ3n) is 5.76. The molecule has 0 spiro atoms. The highest BCUT2D eigenvalue weighted by molar-refractivity contribution is 5.87. The van der Waals surface area contributed by atoms with Gasteiger partial charge in [0.2, 0.25) is 0 Å². The smallest absolute Gasteiger partial charge is 0.00196 e.